The van der Waals surface area contributed by atoms with Crippen molar-refractivity contribution in [3.63, 3.8) is 0 Å². The second kappa shape index (κ2) is 6.95. The Balaban J connectivity index is 0.000000187. The van der Waals surface area contributed by atoms with E-state index in [1.54, 1.807) is 19.4 Å². The Morgan fingerprint density at radius 1 is 1.36 bits per heavy atom. The third-order valence-electron chi connectivity index (χ3n) is 0.813. The van der Waals surface area contributed by atoms with Crippen LogP contribution in [0, 0.1) is 0 Å². The minimum atomic E-state index is 0.338. The van der Waals surface area contributed by atoms with E-state index in [4.69, 9.17) is 5.73 Å². The molecule has 1 aromatic heterocycles. The predicted octanol–water partition coefficient (Wildman–Crippen LogP) is 0.531. The molecule has 0 aliphatic carbocycles. The molecule has 1 rings (SSSR count). The van der Waals surface area contributed by atoms with Gasteiger partial charge in [0.15, 0.2) is 5.11 Å². The van der Waals surface area contributed by atoms with Gasteiger partial charge in [-0.15, -0.1) is 0 Å². The van der Waals surface area contributed by atoms with Crippen LogP contribution < -0.4 is 11.1 Å². The summed E-state index contributed by atoms with van der Waals surface area (Å²) < 4.78 is 0. The molecule has 0 aliphatic heterocycles. The maximum absolute atomic E-state index is 4.91. The molecule has 0 radical (unpaired) electrons. The van der Waals surface area contributed by atoms with Gasteiger partial charge in [-0.2, -0.15) is 0 Å². The van der Waals surface area contributed by atoms with Crippen molar-refractivity contribution in [1.82, 2.24) is 10.3 Å². The molecule has 0 saturated heterocycles. The van der Waals surface area contributed by atoms with E-state index >= 15 is 0 Å². The van der Waals surface area contributed by atoms with Crippen LogP contribution in [-0.4, -0.2) is 17.1 Å². The Hall–Kier alpha value is -1.16. The molecule has 0 unspecified atom stereocenters. The van der Waals surface area contributed by atoms with E-state index < -0.39 is 0 Å². The van der Waals surface area contributed by atoms with Gasteiger partial charge in [-0.3, -0.25) is 4.98 Å². The van der Waals surface area contributed by atoms with Gasteiger partial charge < -0.3 is 11.1 Å². The van der Waals surface area contributed by atoms with Crippen molar-refractivity contribution in [2.45, 2.75) is 0 Å². The molecular weight excluding hydrogens is 158 g/mol. The van der Waals surface area contributed by atoms with E-state index in [2.05, 4.69) is 22.5 Å². The Labute approximate surface area is 71.6 Å². The molecular formula is C7H11N3S. The molecule has 60 valence electrons. The van der Waals surface area contributed by atoms with Crippen LogP contribution in [0.25, 0.3) is 0 Å². The molecule has 3 nitrogen and oxygen atoms in total. The molecule has 0 bridgehead atoms. The van der Waals surface area contributed by atoms with E-state index in [9.17, 15) is 0 Å². The van der Waals surface area contributed by atoms with Crippen LogP contribution in [0.2, 0.25) is 0 Å². The number of thiocarbonyl (C=S) groups is 1. The number of nitrogens with two attached hydrogens (primary N) is 1. The lowest BCUT2D eigenvalue weighted by Crippen LogP contribution is -2.24. The van der Waals surface area contributed by atoms with E-state index in [-0.39, 0.29) is 0 Å². The second-order valence-electron chi connectivity index (χ2n) is 1.64. The molecule has 3 N–H and O–H groups in total. The maximum atomic E-state index is 4.91. The van der Waals surface area contributed by atoms with Crippen molar-refractivity contribution in [3.8, 4) is 0 Å². The monoisotopic (exact) mass is 169 g/mol. The minimum absolute atomic E-state index is 0.338. The Kier molecular flexibility index (Phi) is 6.22. The quantitative estimate of drug-likeness (QED) is 0.556. The summed E-state index contributed by atoms with van der Waals surface area (Å²) in [6.45, 7) is 0. The van der Waals surface area contributed by atoms with Gasteiger partial charge in [-0.1, -0.05) is 6.07 Å². The zero-order chi connectivity index (χ0) is 8.53. The summed E-state index contributed by atoms with van der Waals surface area (Å²) in [6.07, 6.45) is 3.50. The topological polar surface area (TPSA) is 50.9 Å². The number of rotatable bonds is 0. The summed E-state index contributed by atoms with van der Waals surface area (Å²) in [5, 5.41) is 2.88. The molecule has 0 spiro atoms. The number of nitrogens with one attached hydrogen (secondary N) is 1. The fourth-order valence-electron chi connectivity index (χ4n) is 0.313. The van der Waals surface area contributed by atoms with Crippen molar-refractivity contribution >= 4 is 17.3 Å². The maximum Gasteiger partial charge on any atom is 0.163 e. The van der Waals surface area contributed by atoms with Crippen LogP contribution in [0.3, 0.4) is 0 Å². The molecule has 0 atom stereocenters. The van der Waals surface area contributed by atoms with Gasteiger partial charge in [0.25, 0.3) is 0 Å². The first-order chi connectivity index (χ1) is 5.27. The van der Waals surface area contributed by atoms with Gasteiger partial charge in [0.05, 0.1) is 0 Å². The smallest absolute Gasteiger partial charge is 0.163 e. The fraction of sp³-hybridized carbons (Fsp3) is 0.143. The molecule has 1 heterocycles. The molecule has 0 aliphatic rings. The summed E-state index contributed by atoms with van der Waals surface area (Å²) in [7, 11) is 1.68. The van der Waals surface area contributed by atoms with Crippen LogP contribution >= 0.6 is 12.2 Å². The summed E-state index contributed by atoms with van der Waals surface area (Å²) >= 11 is 4.36. The first-order valence-electron chi connectivity index (χ1n) is 3.09. The number of pyridine rings is 1. The Morgan fingerprint density at radius 3 is 1.91 bits per heavy atom. The zero-order valence-electron chi connectivity index (χ0n) is 6.32. The highest BCUT2D eigenvalue weighted by Crippen LogP contribution is 1.73. The molecule has 0 aromatic carbocycles. The van der Waals surface area contributed by atoms with Crippen molar-refractivity contribution in [3.05, 3.63) is 30.6 Å². The van der Waals surface area contributed by atoms with E-state index in [0.717, 1.165) is 0 Å². The third-order valence-corrected chi connectivity index (χ3v) is 1.02. The van der Waals surface area contributed by atoms with E-state index in [1.807, 2.05) is 18.2 Å². The van der Waals surface area contributed by atoms with Gasteiger partial charge in [-0.25, -0.2) is 0 Å². The predicted molar refractivity (Wildman–Crippen MR) is 50.1 cm³/mol. The molecule has 11 heavy (non-hydrogen) atoms. The zero-order valence-corrected chi connectivity index (χ0v) is 7.14. The van der Waals surface area contributed by atoms with Gasteiger partial charge >= 0.3 is 0 Å². The molecule has 4 heteroatoms. The average molecular weight is 169 g/mol. The minimum Gasteiger partial charge on any atom is -0.376 e. The molecule has 0 fully saturated rings. The summed E-state index contributed by atoms with van der Waals surface area (Å²) in [5.74, 6) is 0. The first-order valence-corrected chi connectivity index (χ1v) is 3.50. The van der Waals surface area contributed by atoms with Crippen LogP contribution in [-0.2, 0) is 0 Å². The number of aromatic nitrogens is 1. The number of nitrogens with zero attached hydrogens (tertiary/aromatic N) is 1. The van der Waals surface area contributed by atoms with Crippen molar-refractivity contribution in [2.24, 2.45) is 5.73 Å². The van der Waals surface area contributed by atoms with Gasteiger partial charge in [0, 0.05) is 19.4 Å². The second-order valence-corrected chi connectivity index (χ2v) is 2.08. The highest BCUT2D eigenvalue weighted by Gasteiger charge is 1.66. The average Bonchev–Trinajstić information content (AvgIpc) is 2.09. The number of hydrogen-bond acceptors (Lipinski definition) is 2. The molecule has 0 amide bonds. The van der Waals surface area contributed by atoms with Crippen molar-refractivity contribution in [1.29, 1.82) is 0 Å². The summed E-state index contributed by atoms with van der Waals surface area (Å²) in [6, 6.07) is 5.72. The van der Waals surface area contributed by atoms with Gasteiger partial charge in [0.2, 0.25) is 0 Å². The standard InChI is InChI=1S/C5H5N.C2H6N2S/c1-2-4-6-5-3-1;1-4-2(3)5/h1-5H;1H3,(H3,3,4,5). The lowest BCUT2D eigenvalue weighted by Gasteiger charge is -1.85. The van der Waals surface area contributed by atoms with Crippen molar-refractivity contribution < 1.29 is 0 Å². The molecule has 1 aromatic rings. The highest BCUT2D eigenvalue weighted by molar-refractivity contribution is 7.80. The largest absolute Gasteiger partial charge is 0.376 e. The van der Waals surface area contributed by atoms with Gasteiger partial charge in [-0.05, 0) is 24.4 Å². The number of hydrogen-bond donors (Lipinski definition) is 2. The van der Waals surface area contributed by atoms with Crippen LogP contribution in [0.1, 0.15) is 0 Å². The normalized spacial score (nSPS) is 7.36. The van der Waals surface area contributed by atoms with E-state index in [1.165, 1.54) is 0 Å². The Bertz CT molecular complexity index is 161. The lowest BCUT2D eigenvalue weighted by molar-refractivity contribution is 1.18. The van der Waals surface area contributed by atoms with Crippen molar-refractivity contribution in [2.75, 3.05) is 7.05 Å². The fourth-order valence-corrected chi connectivity index (χ4v) is 0.313. The molecule has 0 saturated carbocycles. The third kappa shape index (κ3) is 8.84. The van der Waals surface area contributed by atoms with E-state index in [0.29, 0.717) is 5.11 Å². The highest BCUT2D eigenvalue weighted by atomic mass is 32.1. The SMILES string of the molecule is CNC(N)=S.c1ccncc1. The lowest BCUT2D eigenvalue weighted by atomic mass is 10.5. The van der Waals surface area contributed by atoms with Crippen LogP contribution in [0.5, 0.6) is 0 Å². The Morgan fingerprint density at radius 2 is 1.82 bits per heavy atom. The van der Waals surface area contributed by atoms with Gasteiger partial charge in [0.1, 0.15) is 0 Å². The first kappa shape index (κ1) is 9.84. The van der Waals surface area contributed by atoms with Crippen LogP contribution in [0.15, 0.2) is 30.6 Å². The van der Waals surface area contributed by atoms with Crippen LogP contribution in [0.4, 0.5) is 0 Å². The summed E-state index contributed by atoms with van der Waals surface area (Å²) in [4.78, 5) is 3.78. The summed E-state index contributed by atoms with van der Waals surface area (Å²) in [5.41, 5.74) is 4.91.